The van der Waals surface area contributed by atoms with Gasteiger partial charge in [0.15, 0.2) is 0 Å². The van der Waals surface area contributed by atoms with Crippen LogP contribution in [-0.2, 0) is 41.2 Å². The predicted octanol–water partition coefficient (Wildman–Crippen LogP) is 11.2. The Kier molecular flexibility index (Phi) is 15.0. The van der Waals surface area contributed by atoms with E-state index in [9.17, 15) is 9.59 Å². The van der Waals surface area contributed by atoms with Crippen LogP contribution >= 0.6 is 7.92 Å². The number of benzene rings is 3. The van der Waals surface area contributed by atoms with E-state index in [0.29, 0.717) is 0 Å². The number of rotatable bonds is 6. The molecule has 0 aliphatic carbocycles. The Morgan fingerprint density at radius 1 is 0.377 bits per heavy atom. The summed E-state index contributed by atoms with van der Waals surface area (Å²) in [5.74, 6) is 0. The van der Waals surface area contributed by atoms with Crippen molar-refractivity contribution in [3.05, 3.63) is 84.9 Å². The highest BCUT2D eigenvalue weighted by Gasteiger charge is 2.86. The quantitative estimate of drug-likeness (QED) is 0.180. The molecule has 2 N–H and O–H groups in total. The predicted molar refractivity (Wildman–Crippen MR) is 296 cm³/mol. The van der Waals surface area contributed by atoms with Crippen LogP contribution in [0.3, 0.4) is 0 Å². The van der Waals surface area contributed by atoms with Gasteiger partial charge in [0.25, 0.3) is 0 Å². The van der Waals surface area contributed by atoms with Gasteiger partial charge in [-0.3, -0.25) is 0 Å². The maximum atomic E-state index is 13.8. The van der Waals surface area contributed by atoms with Gasteiger partial charge in [-0.2, -0.15) is 0 Å². The SMILES string of the molecule is CC(C)(C)[Si]1(O)O[Si]2(C(C)(C)C)O[Si](O)(C(C)(C)C)O[Si]3(C(C)(C)C)O[Si](O[Si](C)(C)c4ccccc4P(c4ccccc4)c4ccccc4)(C(C)(C)C)O[Si](C(C)(C)C)(O1)O[Si](C(C)(C)C)(O2)O3. The number of hydrogen-bond donors (Lipinski definition) is 2. The van der Waals surface area contributed by atoms with Crippen molar-refractivity contribution in [2.45, 2.75) is 194 Å². The van der Waals surface area contributed by atoms with Crippen LogP contribution in [0.1, 0.15) is 145 Å². The van der Waals surface area contributed by atoms with Crippen molar-refractivity contribution >= 4 is 99.0 Å². The molecule has 3 saturated heterocycles. The Labute approximate surface area is 425 Å². The smallest absolute Gasteiger partial charge is 0.412 e. The summed E-state index contributed by atoms with van der Waals surface area (Å²) in [5.41, 5.74) is 0. The molecule has 3 aromatic carbocycles. The molecule has 3 aliphatic rings. The van der Waals surface area contributed by atoms with E-state index >= 15 is 0 Å². The van der Waals surface area contributed by atoms with E-state index in [-0.39, 0.29) is 0 Å². The molecule has 3 fully saturated rings. The van der Waals surface area contributed by atoms with Gasteiger partial charge in [-0.1, -0.05) is 230 Å². The summed E-state index contributed by atoms with van der Waals surface area (Å²) >= 11 is 0. The van der Waals surface area contributed by atoms with Crippen LogP contribution in [0.25, 0.3) is 0 Å². The molecule has 386 valence electrons. The second-order valence-corrected chi connectivity index (χ2v) is 59.0. The molecule has 0 saturated carbocycles. The van der Waals surface area contributed by atoms with E-state index in [1.165, 1.54) is 10.6 Å². The lowest BCUT2D eigenvalue weighted by molar-refractivity contribution is -0.0270. The minimum Gasteiger partial charge on any atom is -0.412 e. The van der Waals surface area contributed by atoms with Crippen molar-refractivity contribution in [3.63, 3.8) is 0 Å². The molecule has 69 heavy (non-hydrogen) atoms. The Morgan fingerprint density at radius 2 is 0.667 bits per heavy atom. The molecule has 3 aliphatic heterocycles. The van der Waals surface area contributed by atoms with Crippen molar-refractivity contribution in [3.8, 4) is 0 Å². The first-order chi connectivity index (χ1) is 30.9. The Morgan fingerprint density at radius 3 is 0.971 bits per heavy atom. The molecule has 6 rings (SSSR count). The average Bonchev–Trinajstić information content (AvgIpc) is 3.13. The first-order valence-corrected chi connectivity index (χ1v) is 40.8. The van der Waals surface area contributed by atoms with Crippen molar-refractivity contribution in [1.29, 1.82) is 0 Å². The van der Waals surface area contributed by atoms with Gasteiger partial charge in [0, 0.05) is 35.3 Å². The summed E-state index contributed by atoms with van der Waals surface area (Å²) in [6, 6.07) is 29.9. The maximum absolute atomic E-state index is 13.8. The zero-order valence-electron chi connectivity index (χ0n) is 46.0. The molecular formula is C48H85O12PSi8. The largest absolute Gasteiger partial charge is 0.489 e. The highest BCUT2D eigenvalue weighted by atomic mass is 31.1. The molecule has 12 nitrogen and oxygen atoms in total. The molecular weight excluding hydrogens is 1020 g/mol. The lowest BCUT2D eigenvalue weighted by Gasteiger charge is -2.66. The van der Waals surface area contributed by atoms with Gasteiger partial charge >= 0.3 is 61.6 Å². The molecule has 3 heterocycles. The number of fused-ring (bicyclic) bond motifs is 3. The molecule has 21 heteroatoms. The molecule has 0 aromatic heterocycles. The first kappa shape index (κ1) is 57.6. The van der Waals surface area contributed by atoms with E-state index in [1.54, 1.807) is 0 Å². The lowest BCUT2D eigenvalue weighted by atomic mass is 10.3. The Balaban J connectivity index is 1.79. The standard InChI is InChI=1S/C48H85O12PSi8/c1-42(2,3)63(49)52-66(45(10,11)12)53-64(50,43(4,5)6)55-68(47(16,17)18)57-65(44(7,8)9,56-67(54-63,46(13,14)15)59-69(58-66,60-68)48(19,20)21)51-62(22,23)41-37-31-30-36-40(41)61(38-32-26-24-27-33-38)39-34-28-25-29-35-39/h24-37,49-50H,1-23H3. The monoisotopic (exact) mass is 1110 g/mol. The zero-order chi connectivity index (χ0) is 52.4. The lowest BCUT2D eigenvalue weighted by Crippen LogP contribution is -2.88. The normalized spacial score (nSPS) is 32.5. The van der Waals surface area contributed by atoms with Crippen LogP contribution in [0.2, 0.25) is 48.4 Å². The third-order valence-electron chi connectivity index (χ3n) is 13.1. The van der Waals surface area contributed by atoms with Gasteiger partial charge in [-0.25, -0.2) is 0 Å². The van der Waals surface area contributed by atoms with Crippen LogP contribution in [-0.4, -0.2) is 79.5 Å². The molecule has 4 unspecified atom stereocenters. The molecule has 3 aromatic rings. The maximum Gasteiger partial charge on any atom is 0.489 e. The van der Waals surface area contributed by atoms with Crippen molar-refractivity contribution in [1.82, 2.24) is 0 Å². The van der Waals surface area contributed by atoms with E-state index in [4.69, 9.17) is 41.2 Å². The van der Waals surface area contributed by atoms with Crippen LogP contribution < -0.4 is 21.1 Å². The van der Waals surface area contributed by atoms with Gasteiger partial charge in [0.05, 0.1) is 0 Å². The fourth-order valence-corrected chi connectivity index (χ4v) is 61.2. The van der Waals surface area contributed by atoms with Crippen molar-refractivity contribution in [2.75, 3.05) is 0 Å². The first-order valence-electron chi connectivity index (χ1n) is 24.3. The third kappa shape index (κ3) is 10.3. The van der Waals surface area contributed by atoms with Gasteiger partial charge in [0.1, 0.15) is 0 Å². The van der Waals surface area contributed by atoms with E-state index in [2.05, 4.69) is 119 Å². The second-order valence-electron chi connectivity index (χ2n) is 26.7. The summed E-state index contributed by atoms with van der Waals surface area (Å²) in [5, 5.41) is -2.30. The Hall–Kier alpha value is -0.655. The fourth-order valence-electron chi connectivity index (χ4n) is 8.03. The molecule has 0 amide bonds. The van der Waals surface area contributed by atoms with Crippen molar-refractivity contribution < 1.29 is 50.7 Å². The van der Waals surface area contributed by atoms with E-state index in [1.807, 2.05) is 125 Å². The van der Waals surface area contributed by atoms with Gasteiger partial charge < -0.3 is 50.7 Å². The average molecular weight is 1110 g/mol. The third-order valence-corrected chi connectivity index (χ3v) is 53.1. The van der Waals surface area contributed by atoms with Crippen LogP contribution in [0.4, 0.5) is 0 Å². The van der Waals surface area contributed by atoms with E-state index < -0.39 is 113 Å². The minimum absolute atomic E-state index is 0.934. The summed E-state index contributed by atoms with van der Waals surface area (Å²) in [7, 11) is -36.6. The molecule has 0 spiro atoms. The van der Waals surface area contributed by atoms with E-state index in [0.717, 1.165) is 10.5 Å². The molecule has 4 atom stereocenters. The summed E-state index contributed by atoms with van der Waals surface area (Å²) in [6.07, 6.45) is 0. The van der Waals surface area contributed by atoms with Crippen LogP contribution in [0.5, 0.6) is 0 Å². The topological polar surface area (TPSA) is 133 Å². The van der Waals surface area contributed by atoms with Gasteiger partial charge in [-0.05, 0) is 42.1 Å². The van der Waals surface area contributed by atoms with Gasteiger partial charge in [-0.15, -0.1) is 0 Å². The van der Waals surface area contributed by atoms with Gasteiger partial charge in [0.2, 0.25) is 8.32 Å². The summed E-state index contributed by atoms with van der Waals surface area (Å²) in [6.45, 7) is 45.9. The fraction of sp³-hybridized carbons (Fsp3) is 0.625. The van der Waals surface area contributed by atoms with Crippen LogP contribution in [0, 0.1) is 0 Å². The Bertz CT molecular complexity index is 2220. The highest BCUT2D eigenvalue weighted by Crippen LogP contribution is 2.64. The second kappa shape index (κ2) is 18.0. The van der Waals surface area contributed by atoms with Crippen LogP contribution in [0.15, 0.2) is 84.9 Å². The van der Waals surface area contributed by atoms with Crippen molar-refractivity contribution in [2.24, 2.45) is 0 Å². The zero-order valence-corrected chi connectivity index (χ0v) is 54.9. The number of hydrogen-bond acceptors (Lipinski definition) is 12. The molecule has 4 bridgehead atoms. The summed E-state index contributed by atoms with van der Waals surface area (Å²) < 4.78 is 78.6. The summed E-state index contributed by atoms with van der Waals surface area (Å²) in [4.78, 5) is 27.5. The molecule has 0 radical (unpaired) electrons. The minimum atomic E-state index is -4.72. The highest BCUT2D eigenvalue weighted by molar-refractivity contribution is 7.80.